The molecule has 0 aromatic heterocycles. The van der Waals surface area contributed by atoms with Crippen molar-refractivity contribution in [3.8, 4) is 17.2 Å². The molecule has 0 radical (unpaired) electrons. The van der Waals surface area contributed by atoms with Crippen molar-refractivity contribution in [1.29, 1.82) is 0 Å². The van der Waals surface area contributed by atoms with E-state index in [4.69, 9.17) is 14.2 Å². The second kappa shape index (κ2) is 12.3. The third-order valence-corrected chi connectivity index (χ3v) is 5.00. The van der Waals surface area contributed by atoms with Gasteiger partial charge in [-0.25, -0.2) is 4.79 Å². The van der Waals surface area contributed by atoms with Gasteiger partial charge in [-0.05, 0) is 28.8 Å². The van der Waals surface area contributed by atoms with Crippen molar-refractivity contribution in [3.63, 3.8) is 0 Å². The van der Waals surface area contributed by atoms with Crippen LogP contribution in [0.3, 0.4) is 0 Å². The first-order valence-electron chi connectivity index (χ1n) is 10.6. The normalized spacial score (nSPS) is 10.1. The predicted molar refractivity (Wildman–Crippen MR) is 133 cm³/mol. The summed E-state index contributed by atoms with van der Waals surface area (Å²) in [5, 5.41) is 9.79. The Balaban J connectivity index is 0.00000324. The van der Waals surface area contributed by atoms with Gasteiger partial charge in [-0.3, -0.25) is 0 Å². The fraction of sp³-hybridized carbons (Fsp3) is 0.107. The van der Waals surface area contributed by atoms with Crippen LogP contribution in [0.5, 0.6) is 17.2 Å². The molecule has 0 heterocycles. The van der Waals surface area contributed by atoms with E-state index in [0.717, 1.165) is 16.7 Å². The van der Waals surface area contributed by atoms with Gasteiger partial charge < -0.3 is 19.3 Å². The smallest absolute Gasteiger partial charge is 0.339 e. The van der Waals surface area contributed by atoms with E-state index >= 15 is 0 Å². The molecule has 0 aliphatic heterocycles. The molecule has 0 bridgehead atoms. The van der Waals surface area contributed by atoms with E-state index < -0.39 is 5.97 Å². The average Bonchev–Trinajstić information content (AvgIpc) is 2.86. The first-order valence-corrected chi connectivity index (χ1v) is 10.6. The number of hydrogen-bond acceptors (Lipinski definition) is 4. The first kappa shape index (κ1) is 24.7. The van der Waals surface area contributed by atoms with Crippen molar-refractivity contribution in [2.45, 2.75) is 19.8 Å². The zero-order valence-electron chi connectivity index (χ0n) is 18.4. The molecule has 1 N–H and O–H groups in total. The highest BCUT2D eigenvalue weighted by Crippen LogP contribution is 2.41. The summed E-state index contributed by atoms with van der Waals surface area (Å²) in [6, 6.07) is 32.1. The summed E-state index contributed by atoms with van der Waals surface area (Å²) in [5.41, 5.74) is 2.86. The van der Waals surface area contributed by atoms with E-state index in [1.54, 1.807) is 6.07 Å². The molecule has 34 heavy (non-hydrogen) atoms. The van der Waals surface area contributed by atoms with E-state index in [-0.39, 0.29) is 42.7 Å². The topological polar surface area (TPSA) is 65.0 Å². The Labute approximate surface area is 205 Å². The van der Waals surface area contributed by atoms with E-state index in [1.807, 2.05) is 91.0 Å². The van der Waals surface area contributed by atoms with E-state index in [1.165, 1.54) is 6.07 Å². The molecule has 174 valence electrons. The van der Waals surface area contributed by atoms with Crippen molar-refractivity contribution in [2.24, 2.45) is 0 Å². The van der Waals surface area contributed by atoms with Gasteiger partial charge in [0.15, 0.2) is 11.5 Å². The summed E-state index contributed by atoms with van der Waals surface area (Å²) < 4.78 is 18.2. The van der Waals surface area contributed by atoms with Crippen LogP contribution in [-0.2, 0) is 19.8 Å². The lowest BCUT2D eigenvalue weighted by atomic mass is 10.1. The first-order chi connectivity index (χ1) is 16.2. The number of carboxylic acid groups (broad SMARTS) is 1. The number of carboxylic acids is 1. The average molecular weight is 477 g/mol. The second-order valence-electron chi connectivity index (χ2n) is 7.40. The minimum atomic E-state index is -1.10. The molecule has 0 aliphatic rings. The fourth-order valence-electron chi connectivity index (χ4n) is 3.30. The summed E-state index contributed by atoms with van der Waals surface area (Å²) in [6.45, 7) is 0.755. The van der Waals surface area contributed by atoms with Crippen LogP contribution in [0.1, 0.15) is 27.0 Å². The molecule has 4 aromatic carbocycles. The summed E-state index contributed by atoms with van der Waals surface area (Å²) in [6.07, 6.45) is 0. The number of carbonyl (C=O) groups is 1. The quantitative estimate of drug-likeness (QED) is 0.281. The van der Waals surface area contributed by atoms with Crippen LogP contribution in [0.2, 0.25) is 0 Å². The largest absolute Gasteiger partial charge is 0.485 e. The molecule has 5 nitrogen and oxygen atoms in total. The minimum Gasteiger partial charge on any atom is -0.485 e. The van der Waals surface area contributed by atoms with Crippen molar-refractivity contribution in [2.75, 3.05) is 0 Å². The third kappa shape index (κ3) is 6.53. The molecule has 0 aliphatic carbocycles. The maximum atomic E-state index is 12.0. The summed E-state index contributed by atoms with van der Waals surface area (Å²) in [5.74, 6) is -0.265. The molecule has 4 rings (SSSR count). The van der Waals surface area contributed by atoms with Crippen molar-refractivity contribution in [1.82, 2.24) is 0 Å². The lowest BCUT2D eigenvalue weighted by molar-refractivity contribution is 0.0690. The van der Waals surface area contributed by atoms with Gasteiger partial charge in [0.05, 0.1) is 0 Å². The molecule has 0 unspecified atom stereocenters. The summed E-state index contributed by atoms with van der Waals surface area (Å²) in [4.78, 5) is 12.0. The molecule has 0 atom stereocenters. The molecular formula is C28H25ClO5. The molecular weight excluding hydrogens is 452 g/mol. The molecule has 0 fully saturated rings. The minimum absolute atomic E-state index is 0. The molecule has 0 spiro atoms. The number of hydrogen-bond donors (Lipinski definition) is 1. The van der Waals surface area contributed by atoms with Crippen molar-refractivity contribution < 1.29 is 24.1 Å². The number of ether oxygens (including phenoxy) is 3. The van der Waals surface area contributed by atoms with Crippen LogP contribution >= 0.6 is 12.4 Å². The maximum absolute atomic E-state index is 12.0. The highest BCUT2D eigenvalue weighted by molar-refractivity contribution is 5.92. The van der Waals surface area contributed by atoms with E-state index in [0.29, 0.717) is 12.4 Å². The second-order valence-corrected chi connectivity index (χ2v) is 7.40. The van der Waals surface area contributed by atoms with Crippen molar-refractivity contribution >= 4 is 18.4 Å². The van der Waals surface area contributed by atoms with Gasteiger partial charge in [0.1, 0.15) is 25.4 Å². The maximum Gasteiger partial charge on any atom is 0.339 e. The highest BCUT2D eigenvalue weighted by atomic mass is 35.5. The van der Waals surface area contributed by atoms with Crippen LogP contribution in [0.4, 0.5) is 0 Å². The summed E-state index contributed by atoms with van der Waals surface area (Å²) >= 11 is 0. The van der Waals surface area contributed by atoms with E-state index in [2.05, 4.69) is 0 Å². The Morgan fingerprint density at radius 3 is 1.41 bits per heavy atom. The van der Waals surface area contributed by atoms with E-state index in [9.17, 15) is 9.90 Å². The van der Waals surface area contributed by atoms with Gasteiger partial charge in [0.2, 0.25) is 5.75 Å². The monoisotopic (exact) mass is 476 g/mol. The van der Waals surface area contributed by atoms with Crippen molar-refractivity contribution in [3.05, 3.63) is 125 Å². The van der Waals surface area contributed by atoms with Crippen LogP contribution in [0, 0.1) is 0 Å². The van der Waals surface area contributed by atoms with Gasteiger partial charge >= 0.3 is 5.97 Å². The third-order valence-electron chi connectivity index (χ3n) is 5.00. The van der Waals surface area contributed by atoms with Gasteiger partial charge in [-0.2, -0.15) is 0 Å². The molecule has 0 saturated carbocycles. The zero-order chi connectivity index (χ0) is 22.9. The predicted octanol–water partition coefficient (Wildman–Crippen LogP) is 6.54. The Bertz CT molecular complexity index is 1180. The SMILES string of the molecule is Cl.O=C(O)c1ccc(OCc2ccccc2)c(OCc2ccccc2)c1OCc1ccccc1. The van der Waals surface area contributed by atoms with Crippen LogP contribution in [0.15, 0.2) is 103 Å². The Kier molecular flexibility index (Phi) is 8.95. The Hall–Kier alpha value is -3.96. The Morgan fingerprint density at radius 2 is 0.971 bits per heavy atom. The summed E-state index contributed by atoms with van der Waals surface area (Å²) in [7, 11) is 0. The zero-order valence-corrected chi connectivity index (χ0v) is 19.2. The molecule has 0 amide bonds. The van der Waals surface area contributed by atoms with Gasteiger partial charge in [-0.15, -0.1) is 12.4 Å². The number of benzene rings is 4. The number of aromatic carboxylic acids is 1. The van der Waals surface area contributed by atoms with Gasteiger partial charge in [-0.1, -0.05) is 91.0 Å². The molecule has 6 heteroatoms. The van der Waals surface area contributed by atoms with Crippen LogP contribution in [-0.4, -0.2) is 11.1 Å². The van der Waals surface area contributed by atoms with Crippen LogP contribution in [0.25, 0.3) is 0 Å². The standard InChI is InChI=1S/C28H24O5.ClH/c29-28(30)24-16-17-25(31-18-21-10-4-1-5-11-21)27(33-20-23-14-8-3-9-15-23)26(24)32-19-22-12-6-2-7-13-22;/h1-17H,18-20H2,(H,29,30);1H. The lowest BCUT2D eigenvalue weighted by Gasteiger charge is -2.19. The Morgan fingerprint density at radius 1 is 0.559 bits per heavy atom. The highest BCUT2D eigenvalue weighted by Gasteiger charge is 2.22. The van der Waals surface area contributed by atoms with Gasteiger partial charge in [0.25, 0.3) is 0 Å². The fourth-order valence-corrected chi connectivity index (χ4v) is 3.30. The molecule has 4 aromatic rings. The number of halogens is 1. The molecule has 0 saturated heterocycles. The van der Waals surface area contributed by atoms with Gasteiger partial charge in [0, 0.05) is 0 Å². The number of rotatable bonds is 10. The lowest BCUT2D eigenvalue weighted by Crippen LogP contribution is -2.08. The van der Waals surface area contributed by atoms with Crippen LogP contribution < -0.4 is 14.2 Å².